The molecule has 0 spiro atoms. The molecule has 0 saturated carbocycles. The van der Waals surface area contributed by atoms with E-state index in [4.69, 9.17) is 9.72 Å². The van der Waals surface area contributed by atoms with Crippen molar-refractivity contribution in [1.29, 1.82) is 0 Å². The van der Waals surface area contributed by atoms with Gasteiger partial charge in [-0.3, -0.25) is 4.79 Å². The molecule has 1 aromatic carbocycles. The van der Waals surface area contributed by atoms with E-state index in [2.05, 4.69) is 63.1 Å². The molecule has 1 aliphatic rings. The van der Waals surface area contributed by atoms with Crippen molar-refractivity contribution in [2.24, 2.45) is 0 Å². The predicted molar refractivity (Wildman–Crippen MR) is 148 cm³/mol. The first kappa shape index (κ1) is 24.3. The number of benzene rings is 1. The van der Waals surface area contributed by atoms with Gasteiger partial charge in [-0.05, 0) is 60.4 Å². The number of likely N-dealkylation sites (N-methyl/N-ethyl adjacent to an activating group) is 1. The van der Waals surface area contributed by atoms with Gasteiger partial charge in [-0.15, -0.1) is 0 Å². The number of nitrogens with one attached hydrogen (secondary N) is 1. The molecule has 6 rings (SSSR count). The van der Waals surface area contributed by atoms with E-state index in [-0.39, 0.29) is 12.6 Å². The second kappa shape index (κ2) is 10.0. The highest BCUT2D eigenvalue weighted by molar-refractivity contribution is 5.90. The Hall–Kier alpha value is -5.06. The van der Waals surface area contributed by atoms with Gasteiger partial charge in [0.2, 0.25) is 5.91 Å². The van der Waals surface area contributed by atoms with Gasteiger partial charge in [-0.1, -0.05) is 12.6 Å². The Balaban J connectivity index is 1.26. The summed E-state index contributed by atoms with van der Waals surface area (Å²) in [6, 6.07) is 12.2. The van der Waals surface area contributed by atoms with Crippen molar-refractivity contribution < 1.29 is 9.53 Å². The molecule has 11 heteroatoms. The van der Waals surface area contributed by atoms with Crippen molar-refractivity contribution in [2.75, 3.05) is 37.1 Å². The third kappa shape index (κ3) is 4.81. The SMILES string of the molecule is C=CC(=O)N1CCN(C)c2nc3c(Nc4ccc(Cc5ccn6ncnc6c5)c(C)c4)ncnc3cc2OC1. The van der Waals surface area contributed by atoms with Crippen molar-refractivity contribution in [3.8, 4) is 5.75 Å². The average molecular weight is 522 g/mol. The number of aryl methyl sites for hydroxylation is 1. The molecule has 0 radical (unpaired) electrons. The van der Waals surface area contributed by atoms with Crippen molar-refractivity contribution in [1.82, 2.24) is 34.4 Å². The molecule has 0 aliphatic carbocycles. The number of rotatable bonds is 5. The summed E-state index contributed by atoms with van der Waals surface area (Å²) in [4.78, 5) is 33.7. The summed E-state index contributed by atoms with van der Waals surface area (Å²) < 4.78 is 7.72. The monoisotopic (exact) mass is 521 g/mol. The molecule has 4 aromatic heterocycles. The number of hydrogen-bond acceptors (Lipinski definition) is 9. The molecule has 196 valence electrons. The molecule has 1 N–H and O–H groups in total. The molecule has 0 fully saturated rings. The molecular formula is C28H27N9O2. The maximum absolute atomic E-state index is 12.1. The summed E-state index contributed by atoms with van der Waals surface area (Å²) in [6.45, 7) is 6.88. The zero-order valence-corrected chi connectivity index (χ0v) is 21.7. The molecule has 0 saturated heterocycles. The van der Waals surface area contributed by atoms with Crippen LogP contribution in [0, 0.1) is 6.92 Å². The molecule has 0 bridgehead atoms. The predicted octanol–water partition coefficient (Wildman–Crippen LogP) is 3.51. The smallest absolute Gasteiger partial charge is 0.248 e. The average Bonchev–Trinajstić information content (AvgIpc) is 3.41. The molecule has 39 heavy (non-hydrogen) atoms. The number of nitrogens with zero attached hydrogens (tertiary/aromatic N) is 8. The molecule has 1 amide bonds. The first-order valence-corrected chi connectivity index (χ1v) is 12.5. The Bertz CT molecular complexity index is 1710. The van der Waals surface area contributed by atoms with Gasteiger partial charge in [0.05, 0.1) is 5.52 Å². The molecule has 0 atom stereocenters. The molecule has 11 nitrogen and oxygen atoms in total. The van der Waals surface area contributed by atoms with Crippen LogP contribution in [0.25, 0.3) is 16.7 Å². The number of aromatic nitrogens is 6. The summed E-state index contributed by atoms with van der Waals surface area (Å²) in [5.41, 5.74) is 6.56. The summed E-state index contributed by atoms with van der Waals surface area (Å²) in [6.07, 6.45) is 7.07. The van der Waals surface area contributed by atoms with Crippen molar-refractivity contribution >= 4 is 39.9 Å². The Kier molecular flexibility index (Phi) is 6.23. The summed E-state index contributed by atoms with van der Waals surface area (Å²) >= 11 is 0. The van der Waals surface area contributed by atoms with Gasteiger partial charge in [-0.25, -0.2) is 24.5 Å². The number of anilines is 3. The number of amides is 1. The van der Waals surface area contributed by atoms with Crippen LogP contribution < -0.4 is 15.0 Å². The minimum absolute atomic E-state index is 0.119. The van der Waals surface area contributed by atoms with Crippen molar-refractivity contribution in [2.45, 2.75) is 13.3 Å². The lowest BCUT2D eigenvalue weighted by Gasteiger charge is -2.30. The zero-order chi connectivity index (χ0) is 26.9. The Labute approximate surface area is 224 Å². The molecule has 0 unspecified atom stereocenters. The lowest BCUT2D eigenvalue weighted by atomic mass is 10.0. The number of hydrogen-bond donors (Lipinski definition) is 1. The third-order valence-electron chi connectivity index (χ3n) is 6.83. The van der Waals surface area contributed by atoms with Crippen LogP contribution in [0.2, 0.25) is 0 Å². The van der Waals surface area contributed by atoms with Gasteiger partial charge in [0, 0.05) is 38.1 Å². The normalized spacial score (nSPS) is 13.5. The first-order chi connectivity index (χ1) is 19.0. The Morgan fingerprint density at radius 2 is 2.03 bits per heavy atom. The van der Waals surface area contributed by atoms with Gasteiger partial charge >= 0.3 is 0 Å². The van der Waals surface area contributed by atoms with E-state index in [1.54, 1.807) is 15.7 Å². The second-order valence-corrected chi connectivity index (χ2v) is 9.44. The second-order valence-electron chi connectivity index (χ2n) is 9.44. The molecular weight excluding hydrogens is 494 g/mol. The quantitative estimate of drug-likeness (QED) is 0.347. The molecule has 5 aromatic rings. The van der Waals surface area contributed by atoms with E-state index in [1.165, 1.54) is 23.5 Å². The van der Waals surface area contributed by atoms with E-state index in [0.29, 0.717) is 41.5 Å². The topological polar surface area (TPSA) is 114 Å². The first-order valence-electron chi connectivity index (χ1n) is 12.5. The zero-order valence-electron chi connectivity index (χ0n) is 21.7. The fourth-order valence-electron chi connectivity index (χ4n) is 4.62. The standard InChI is InChI=1S/C28H27N9O2/c1-4-25(38)36-10-9-35(3)28-23(39-17-36)14-22-26(34-28)27(31-15-29-22)33-21-6-5-20(18(2)11-21)12-19-7-8-37-24(13-19)30-16-32-37/h4-8,11,13-16H,1,9-10,12,17H2,2-3H3,(H,29,31,33). The van der Waals surface area contributed by atoms with E-state index >= 15 is 0 Å². The van der Waals surface area contributed by atoms with Gasteiger partial charge in [0.15, 0.2) is 29.8 Å². The van der Waals surface area contributed by atoms with Gasteiger partial charge in [-0.2, -0.15) is 5.10 Å². The van der Waals surface area contributed by atoms with Crippen molar-refractivity contribution in [3.63, 3.8) is 0 Å². The van der Waals surface area contributed by atoms with Crippen LogP contribution in [0.3, 0.4) is 0 Å². The molecule has 1 aliphatic heterocycles. The third-order valence-corrected chi connectivity index (χ3v) is 6.83. The lowest BCUT2D eigenvalue weighted by molar-refractivity contribution is -0.128. The van der Waals surface area contributed by atoms with Gasteiger partial charge < -0.3 is 19.9 Å². The van der Waals surface area contributed by atoms with Crippen LogP contribution in [0.5, 0.6) is 5.75 Å². The molecule has 5 heterocycles. The number of ether oxygens (including phenoxy) is 1. The van der Waals surface area contributed by atoms with Crippen LogP contribution >= 0.6 is 0 Å². The fraction of sp³-hybridized carbons (Fsp3) is 0.214. The highest BCUT2D eigenvalue weighted by Crippen LogP contribution is 2.33. The highest BCUT2D eigenvalue weighted by Gasteiger charge is 2.22. The maximum Gasteiger partial charge on any atom is 0.248 e. The van der Waals surface area contributed by atoms with Crippen LogP contribution in [0.15, 0.2) is 67.9 Å². The van der Waals surface area contributed by atoms with Gasteiger partial charge in [0.25, 0.3) is 0 Å². The maximum atomic E-state index is 12.1. The highest BCUT2D eigenvalue weighted by atomic mass is 16.5. The van der Waals surface area contributed by atoms with E-state index in [1.807, 2.05) is 30.3 Å². The summed E-state index contributed by atoms with van der Waals surface area (Å²) in [5.74, 6) is 1.65. The number of fused-ring (bicyclic) bond motifs is 3. The number of carbonyl (C=O) groups is 1. The van der Waals surface area contributed by atoms with E-state index < -0.39 is 0 Å². The minimum Gasteiger partial charge on any atom is -0.469 e. The van der Waals surface area contributed by atoms with Crippen molar-refractivity contribution in [3.05, 3.63) is 84.6 Å². The Morgan fingerprint density at radius 3 is 2.87 bits per heavy atom. The largest absolute Gasteiger partial charge is 0.469 e. The number of carbonyl (C=O) groups excluding carboxylic acids is 1. The summed E-state index contributed by atoms with van der Waals surface area (Å²) in [5, 5.41) is 7.58. The lowest BCUT2D eigenvalue weighted by Crippen LogP contribution is -2.41. The Morgan fingerprint density at radius 1 is 1.13 bits per heavy atom. The van der Waals surface area contributed by atoms with E-state index in [9.17, 15) is 4.79 Å². The fourth-order valence-corrected chi connectivity index (χ4v) is 4.62. The minimum atomic E-state index is -0.174. The van der Waals surface area contributed by atoms with Crippen LogP contribution in [0.4, 0.5) is 17.3 Å². The summed E-state index contributed by atoms with van der Waals surface area (Å²) in [7, 11) is 1.92. The van der Waals surface area contributed by atoms with Crippen LogP contribution in [0.1, 0.15) is 16.7 Å². The van der Waals surface area contributed by atoms with Crippen LogP contribution in [-0.4, -0.2) is 67.2 Å². The van der Waals surface area contributed by atoms with Crippen LogP contribution in [-0.2, 0) is 11.2 Å². The number of pyridine rings is 2. The van der Waals surface area contributed by atoms with Gasteiger partial charge in [0.1, 0.15) is 18.2 Å². The van der Waals surface area contributed by atoms with E-state index in [0.717, 1.165) is 23.3 Å².